The molecule has 134 valence electrons. The van der Waals surface area contributed by atoms with Crippen LogP contribution in [0.3, 0.4) is 0 Å². The number of likely N-dealkylation sites (N-methyl/N-ethyl adjacent to an activating group) is 1. The van der Waals surface area contributed by atoms with Gasteiger partial charge in [-0.05, 0) is 37.0 Å². The molecule has 0 N–H and O–H groups in total. The third-order valence-electron chi connectivity index (χ3n) is 3.95. The summed E-state index contributed by atoms with van der Waals surface area (Å²) in [6, 6.07) is 17.1. The molecule has 0 aromatic heterocycles. The second-order valence-corrected chi connectivity index (χ2v) is 12.5. The van der Waals surface area contributed by atoms with E-state index in [2.05, 4.69) is 24.5 Å². The van der Waals surface area contributed by atoms with E-state index in [1.54, 1.807) is 0 Å². The van der Waals surface area contributed by atoms with Gasteiger partial charge in [-0.1, -0.05) is 62.1 Å². The van der Waals surface area contributed by atoms with Crippen LogP contribution in [-0.2, 0) is 0 Å². The van der Waals surface area contributed by atoms with Crippen molar-refractivity contribution < 1.29 is 9.13 Å². The topological polar surface area (TPSA) is 12.5 Å². The highest BCUT2D eigenvalue weighted by molar-refractivity contribution is 6.94. The molecular formula is C21H28FNOSi. The van der Waals surface area contributed by atoms with Crippen molar-refractivity contribution in [1.29, 1.82) is 0 Å². The molecule has 0 atom stereocenters. The highest BCUT2D eigenvalue weighted by Crippen LogP contribution is 2.35. The van der Waals surface area contributed by atoms with Crippen molar-refractivity contribution in [3.63, 3.8) is 0 Å². The third-order valence-corrected chi connectivity index (χ3v) is 5.96. The summed E-state index contributed by atoms with van der Waals surface area (Å²) in [6.45, 7) is 8.02. The molecule has 2 aromatic carbocycles. The van der Waals surface area contributed by atoms with Crippen LogP contribution in [0, 0.1) is 0 Å². The quantitative estimate of drug-likeness (QED) is 0.490. The highest BCUT2D eigenvalue weighted by Gasteiger charge is 2.26. The Hall–Kier alpha value is -1.91. The van der Waals surface area contributed by atoms with Crippen molar-refractivity contribution in [3.8, 4) is 5.75 Å². The number of nitrogens with zero attached hydrogens (tertiary/aromatic N) is 1. The van der Waals surface area contributed by atoms with Gasteiger partial charge in [0.1, 0.15) is 18.2 Å². The summed E-state index contributed by atoms with van der Waals surface area (Å²) >= 11 is 0. The van der Waals surface area contributed by atoms with Gasteiger partial charge in [-0.3, -0.25) is 0 Å². The standard InChI is InChI=1S/C21H28FNOSi/c1-23(2)15-16-24-19-13-11-18(12-14-19)21(25(3,4)5)20(22)17-9-7-6-8-10-17/h6-14H,15-16H2,1-5H3/b21-20-. The van der Waals surface area contributed by atoms with Crippen molar-refractivity contribution in [2.75, 3.05) is 27.2 Å². The molecule has 0 heterocycles. The summed E-state index contributed by atoms with van der Waals surface area (Å²) in [7, 11) is 2.16. The zero-order valence-corrected chi connectivity index (χ0v) is 16.8. The maximum atomic E-state index is 15.3. The van der Waals surface area contributed by atoms with E-state index in [9.17, 15) is 0 Å². The zero-order chi connectivity index (χ0) is 18.4. The molecule has 2 rings (SSSR count). The van der Waals surface area contributed by atoms with Gasteiger partial charge in [-0.25, -0.2) is 4.39 Å². The maximum absolute atomic E-state index is 15.3. The lowest BCUT2D eigenvalue weighted by molar-refractivity contribution is 0.261. The SMILES string of the molecule is CN(C)CCOc1ccc(/C(=C(/F)c2ccccc2)[Si](C)(C)C)cc1. The van der Waals surface area contributed by atoms with Crippen LogP contribution in [-0.4, -0.2) is 40.2 Å². The van der Waals surface area contributed by atoms with E-state index in [4.69, 9.17) is 4.74 Å². The number of halogens is 1. The summed E-state index contributed by atoms with van der Waals surface area (Å²) in [5.41, 5.74) is 1.59. The van der Waals surface area contributed by atoms with Crippen LogP contribution in [0.1, 0.15) is 11.1 Å². The smallest absolute Gasteiger partial charge is 0.130 e. The third kappa shape index (κ3) is 5.55. The minimum atomic E-state index is -1.87. The molecule has 0 fully saturated rings. The number of hydrogen-bond acceptors (Lipinski definition) is 2. The maximum Gasteiger partial charge on any atom is 0.130 e. The van der Waals surface area contributed by atoms with Crippen LogP contribution >= 0.6 is 0 Å². The van der Waals surface area contributed by atoms with Gasteiger partial charge in [0.2, 0.25) is 0 Å². The Kier molecular flexibility index (Phi) is 6.56. The first kappa shape index (κ1) is 19.4. The number of ether oxygens (including phenoxy) is 1. The lowest BCUT2D eigenvalue weighted by atomic mass is 10.1. The van der Waals surface area contributed by atoms with Crippen molar-refractivity contribution in [3.05, 3.63) is 65.7 Å². The molecule has 0 aliphatic carbocycles. The Morgan fingerprint density at radius 2 is 1.52 bits per heavy atom. The van der Waals surface area contributed by atoms with Gasteiger partial charge < -0.3 is 9.64 Å². The van der Waals surface area contributed by atoms with Gasteiger partial charge in [-0.15, -0.1) is 0 Å². The zero-order valence-electron chi connectivity index (χ0n) is 15.8. The average molecular weight is 358 g/mol. The molecule has 2 nitrogen and oxygen atoms in total. The molecule has 0 aliphatic rings. The normalized spacial score (nSPS) is 12.9. The van der Waals surface area contributed by atoms with Gasteiger partial charge in [-0.2, -0.15) is 0 Å². The van der Waals surface area contributed by atoms with E-state index in [1.807, 2.05) is 68.7 Å². The molecule has 4 heteroatoms. The molecule has 25 heavy (non-hydrogen) atoms. The van der Waals surface area contributed by atoms with Gasteiger partial charge in [0.05, 0.1) is 8.07 Å². The van der Waals surface area contributed by atoms with Crippen LogP contribution < -0.4 is 4.74 Å². The summed E-state index contributed by atoms with van der Waals surface area (Å²) < 4.78 is 21.0. The molecule has 0 amide bonds. The minimum absolute atomic E-state index is 0.110. The summed E-state index contributed by atoms with van der Waals surface area (Å²) in [5, 5.41) is 0.846. The largest absolute Gasteiger partial charge is 0.492 e. The summed E-state index contributed by atoms with van der Waals surface area (Å²) in [6.07, 6.45) is 0. The second-order valence-electron chi connectivity index (χ2n) is 7.48. The van der Waals surface area contributed by atoms with Gasteiger partial charge >= 0.3 is 0 Å². The fourth-order valence-electron chi connectivity index (χ4n) is 2.68. The van der Waals surface area contributed by atoms with Gasteiger partial charge in [0.25, 0.3) is 0 Å². The van der Waals surface area contributed by atoms with E-state index in [0.717, 1.165) is 23.1 Å². The number of rotatable bonds is 7. The molecule has 0 bridgehead atoms. The Morgan fingerprint density at radius 1 is 0.920 bits per heavy atom. The van der Waals surface area contributed by atoms with Crippen molar-refractivity contribution in [2.24, 2.45) is 0 Å². The summed E-state index contributed by atoms with van der Waals surface area (Å²) in [4.78, 5) is 2.08. The van der Waals surface area contributed by atoms with E-state index in [0.29, 0.717) is 12.2 Å². The molecule has 0 saturated heterocycles. The molecule has 0 spiro atoms. The van der Waals surface area contributed by atoms with E-state index < -0.39 is 8.07 Å². The molecule has 0 saturated carbocycles. The van der Waals surface area contributed by atoms with Crippen LogP contribution in [0.25, 0.3) is 11.0 Å². The fraction of sp³-hybridized carbons (Fsp3) is 0.333. The molecule has 2 aromatic rings. The molecule has 0 unspecified atom stereocenters. The van der Waals surface area contributed by atoms with Gasteiger partial charge in [0.15, 0.2) is 0 Å². The Balaban J connectivity index is 2.31. The highest BCUT2D eigenvalue weighted by atomic mass is 28.3. The number of benzene rings is 2. The van der Waals surface area contributed by atoms with Crippen molar-refractivity contribution in [2.45, 2.75) is 19.6 Å². The van der Waals surface area contributed by atoms with Crippen molar-refractivity contribution >= 4 is 19.1 Å². The minimum Gasteiger partial charge on any atom is -0.492 e. The fourth-order valence-corrected chi connectivity index (χ4v) is 4.52. The van der Waals surface area contributed by atoms with Crippen LogP contribution in [0.4, 0.5) is 4.39 Å². The lowest BCUT2D eigenvalue weighted by Gasteiger charge is -2.23. The monoisotopic (exact) mass is 357 g/mol. The van der Waals surface area contributed by atoms with E-state index >= 15 is 4.39 Å². The first-order valence-electron chi connectivity index (χ1n) is 8.62. The molecule has 0 radical (unpaired) electrons. The predicted molar refractivity (Wildman–Crippen MR) is 108 cm³/mol. The van der Waals surface area contributed by atoms with E-state index in [1.165, 1.54) is 0 Å². The Bertz CT molecular complexity index is 703. The molecule has 0 aliphatic heterocycles. The van der Waals surface area contributed by atoms with Crippen LogP contribution in [0.5, 0.6) is 5.75 Å². The Morgan fingerprint density at radius 3 is 2.04 bits per heavy atom. The van der Waals surface area contributed by atoms with Crippen LogP contribution in [0.2, 0.25) is 19.6 Å². The van der Waals surface area contributed by atoms with Crippen molar-refractivity contribution in [1.82, 2.24) is 4.90 Å². The average Bonchev–Trinajstić information content (AvgIpc) is 2.55. The second kappa shape index (κ2) is 8.45. The lowest BCUT2D eigenvalue weighted by Crippen LogP contribution is -2.23. The predicted octanol–water partition coefficient (Wildman–Crippen LogP) is 5.34. The van der Waals surface area contributed by atoms with Crippen LogP contribution in [0.15, 0.2) is 54.6 Å². The Labute approximate surface area is 152 Å². The first-order valence-corrected chi connectivity index (χ1v) is 12.1. The van der Waals surface area contributed by atoms with Gasteiger partial charge in [0, 0.05) is 12.1 Å². The number of hydrogen-bond donors (Lipinski definition) is 0. The first-order chi connectivity index (χ1) is 11.8. The molecular weight excluding hydrogens is 329 g/mol. The van der Waals surface area contributed by atoms with E-state index in [-0.39, 0.29) is 5.83 Å². The summed E-state index contributed by atoms with van der Waals surface area (Å²) in [5.74, 6) is 0.710.